The molecule has 0 bridgehead atoms. The fourth-order valence-electron chi connectivity index (χ4n) is 2.45. The SMILES string of the molecule is CN=C(NCCc1ccc(NC(=O)OC(C)(C)C)cc1)NCCN(C)CCOC. The lowest BCUT2D eigenvalue weighted by Crippen LogP contribution is -2.42. The van der Waals surface area contributed by atoms with E-state index in [2.05, 4.69) is 32.9 Å². The minimum absolute atomic E-state index is 0.449. The monoisotopic (exact) mass is 407 g/mol. The number of carbonyl (C=O) groups is 1. The molecule has 0 unspecified atom stereocenters. The molecule has 8 heteroatoms. The molecule has 0 saturated carbocycles. The molecule has 0 spiro atoms. The summed E-state index contributed by atoms with van der Waals surface area (Å²) in [6, 6.07) is 7.75. The summed E-state index contributed by atoms with van der Waals surface area (Å²) in [6.07, 6.45) is 0.399. The Labute approximate surface area is 175 Å². The van der Waals surface area contributed by atoms with Crippen LogP contribution in [0.15, 0.2) is 29.3 Å². The highest BCUT2D eigenvalue weighted by Gasteiger charge is 2.16. The number of guanidine groups is 1. The van der Waals surface area contributed by atoms with Crippen LogP contribution in [0.25, 0.3) is 0 Å². The van der Waals surface area contributed by atoms with Crippen LogP contribution in [0.2, 0.25) is 0 Å². The standard InChI is InChI=1S/C21H37N5O3/c1-21(2,3)29-20(27)25-18-9-7-17(8-10-18)11-12-23-19(22-4)24-13-14-26(5)15-16-28-6/h7-10H,11-16H2,1-6H3,(H,25,27)(H2,22,23,24). The van der Waals surface area contributed by atoms with Crippen molar-refractivity contribution < 1.29 is 14.3 Å². The average molecular weight is 408 g/mol. The van der Waals surface area contributed by atoms with Crippen LogP contribution in [0.3, 0.4) is 0 Å². The third-order valence-corrected chi connectivity index (χ3v) is 3.99. The van der Waals surface area contributed by atoms with Crippen molar-refractivity contribution in [3.8, 4) is 0 Å². The number of nitrogens with one attached hydrogen (secondary N) is 3. The Balaban J connectivity index is 2.31. The summed E-state index contributed by atoms with van der Waals surface area (Å²) in [5.41, 5.74) is 1.37. The lowest BCUT2D eigenvalue weighted by Gasteiger charge is -2.19. The van der Waals surface area contributed by atoms with Gasteiger partial charge >= 0.3 is 6.09 Å². The summed E-state index contributed by atoms with van der Waals surface area (Å²) in [5.74, 6) is 0.786. The molecule has 1 rings (SSSR count). The molecule has 0 atom stereocenters. The largest absolute Gasteiger partial charge is 0.444 e. The summed E-state index contributed by atoms with van der Waals surface area (Å²) < 4.78 is 10.3. The van der Waals surface area contributed by atoms with Crippen LogP contribution in [0.1, 0.15) is 26.3 Å². The van der Waals surface area contributed by atoms with E-state index in [4.69, 9.17) is 9.47 Å². The van der Waals surface area contributed by atoms with Crippen molar-refractivity contribution in [1.82, 2.24) is 15.5 Å². The number of carbonyl (C=O) groups excluding carboxylic acids is 1. The van der Waals surface area contributed by atoms with E-state index in [0.29, 0.717) is 5.69 Å². The van der Waals surface area contributed by atoms with Crippen molar-refractivity contribution in [3.05, 3.63) is 29.8 Å². The first-order valence-corrected chi connectivity index (χ1v) is 9.94. The van der Waals surface area contributed by atoms with Crippen LogP contribution in [-0.2, 0) is 15.9 Å². The van der Waals surface area contributed by atoms with Gasteiger partial charge in [0, 0.05) is 46.0 Å². The second-order valence-corrected chi connectivity index (χ2v) is 7.80. The van der Waals surface area contributed by atoms with E-state index < -0.39 is 11.7 Å². The molecule has 0 aliphatic heterocycles. The highest BCUT2D eigenvalue weighted by atomic mass is 16.6. The maximum atomic E-state index is 11.8. The number of aliphatic imine (C=N–C) groups is 1. The Kier molecular flexibility index (Phi) is 11.1. The van der Waals surface area contributed by atoms with E-state index in [1.54, 1.807) is 14.2 Å². The predicted molar refractivity (Wildman–Crippen MR) is 119 cm³/mol. The van der Waals surface area contributed by atoms with Gasteiger partial charge in [0.2, 0.25) is 0 Å². The zero-order chi connectivity index (χ0) is 21.7. The lowest BCUT2D eigenvalue weighted by molar-refractivity contribution is 0.0636. The van der Waals surface area contributed by atoms with Crippen LogP contribution in [0, 0.1) is 0 Å². The van der Waals surface area contributed by atoms with Gasteiger partial charge in [0.15, 0.2) is 5.96 Å². The van der Waals surface area contributed by atoms with Crippen LogP contribution >= 0.6 is 0 Å². The van der Waals surface area contributed by atoms with Crippen molar-refractivity contribution in [1.29, 1.82) is 0 Å². The molecule has 0 aliphatic rings. The van der Waals surface area contributed by atoms with E-state index >= 15 is 0 Å². The average Bonchev–Trinajstić information content (AvgIpc) is 2.65. The van der Waals surface area contributed by atoms with Crippen molar-refractivity contribution in [3.63, 3.8) is 0 Å². The number of benzene rings is 1. The molecule has 0 heterocycles. The minimum Gasteiger partial charge on any atom is -0.444 e. The lowest BCUT2D eigenvalue weighted by atomic mass is 10.1. The van der Waals surface area contributed by atoms with Gasteiger partial charge in [0.1, 0.15) is 5.60 Å². The quantitative estimate of drug-likeness (QED) is 0.408. The fraction of sp³-hybridized carbons (Fsp3) is 0.619. The molecule has 8 nitrogen and oxygen atoms in total. The third kappa shape index (κ3) is 12.0. The normalized spacial score (nSPS) is 12.0. The van der Waals surface area contributed by atoms with Gasteiger partial charge in [-0.15, -0.1) is 0 Å². The first-order valence-electron chi connectivity index (χ1n) is 9.94. The molecule has 164 valence electrons. The Morgan fingerprint density at radius 1 is 1.10 bits per heavy atom. The van der Waals surface area contributed by atoms with Crippen molar-refractivity contribution in [2.75, 3.05) is 59.3 Å². The second-order valence-electron chi connectivity index (χ2n) is 7.80. The first-order chi connectivity index (χ1) is 13.7. The summed E-state index contributed by atoms with van der Waals surface area (Å²) in [6.45, 7) is 9.64. The van der Waals surface area contributed by atoms with Crippen molar-refractivity contribution >= 4 is 17.7 Å². The highest BCUT2D eigenvalue weighted by Crippen LogP contribution is 2.13. The Morgan fingerprint density at radius 2 is 1.76 bits per heavy atom. The molecular weight excluding hydrogens is 370 g/mol. The summed E-state index contributed by atoms with van der Waals surface area (Å²) in [7, 11) is 5.54. The smallest absolute Gasteiger partial charge is 0.412 e. The number of likely N-dealkylation sites (N-methyl/N-ethyl adjacent to an activating group) is 1. The summed E-state index contributed by atoms with van der Waals surface area (Å²) in [4.78, 5) is 18.2. The summed E-state index contributed by atoms with van der Waals surface area (Å²) >= 11 is 0. The zero-order valence-corrected chi connectivity index (χ0v) is 18.7. The Morgan fingerprint density at radius 3 is 2.34 bits per heavy atom. The van der Waals surface area contributed by atoms with E-state index in [9.17, 15) is 4.79 Å². The molecule has 1 amide bonds. The van der Waals surface area contributed by atoms with Crippen molar-refractivity contribution in [2.45, 2.75) is 32.8 Å². The first kappa shape index (κ1) is 24.7. The van der Waals surface area contributed by atoms with Gasteiger partial charge in [-0.25, -0.2) is 4.79 Å². The molecule has 3 N–H and O–H groups in total. The maximum absolute atomic E-state index is 11.8. The molecule has 1 aromatic rings. The third-order valence-electron chi connectivity index (χ3n) is 3.99. The minimum atomic E-state index is -0.512. The van der Waals surface area contributed by atoms with E-state index in [-0.39, 0.29) is 0 Å². The number of nitrogens with zero attached hydrogens (tertiary/aromatic N) is 2. The number of methoxy groups -OCH3 is 1. The van der Waals surface area contributed by atoms with Crippen LogP contribution in [0.5, 0.6) is 0 Å². The molecule has 0 fully saturated rings. The second kappa shape index (κ2) is 13.0. The van der Waals surface area contributed by atoms with Gasteiger partial charge < -0.3 is 25.0 Å². The molecule has 29 heavy (non-hydrogen) atoms. The Hall–Kier alpha value is -2.32. The van der Waals surface area contributed by atoms with E-state index in [1.807, 2.05) is 45.0 Å². The van der Waals surface area contributed by atoms with Gasteiger partial charge in [-0.1, -0.05) is 12.1 Å². The fourth-order valence-corrected chi connectivity index (χ4v) is 2.45. The zero-order valence-electron chi connectivity index (χ0n) is 18.7. The highest BCUT2D eigenvalue weighted by molar-refractivity contribution is 5.84. The number of anilines is 1. The maximum Gasteiger partial charge on any atom is 0.412 e. The van der Waals surface area contributed by atoms with Crippen molar-refractivity contribution in [2.24, 2.45) is 4.99 Å². The molecular formula is C21H37N5O3. The molecule has 0 radical (unpaired) electrons. The van der Waals surface area contributed by atoms with E-state index in [0.717, 1.165) is 45.2 Å². The van der Waals surface area contributed by atoms with Gasteiger partial charge in [-0.3, -0.25) is 10.3 Å². The molecule has 0 aliphatic carbocycles. The molecule has 0 aromatic heterocycles. The van der Waals surface area contributed by atoms with Gasteiger partial charge in [-0.2, -0.15) is 0 Å². The number of hydrogen-bond acceptors (Lipinski definition) is 5. The summed E-state index contributed by atoms with van der Waals surface area (Å²) in [5, 5.41) is 9.36. The molecule has 1 aromatic carbocycles. The number of ether oxygens (including phenoxy) is 2. The van der Waals surface area contributed by atoms with Crippen LogP contribution < -0.4 is 16.0 Å². The van der Waals surface area contributed by atoms with Crippen LogP contribution in [0.4, 0.5) is 10.5 Å². The van der Waals surface area contributed by atoms with E-state index in [1.165, 1.54) is 5.56 Å². The van der Waals surface area contributed by atoms with Crippen LogP contribution in [-0.4, -0.2) is 76.5 Å². The topological polar surface area (TPSA) is 87.2 Å². The number of amides is 1. The van der Waals surface area contributed by atoms with Gasteiger partial charge in [-0.05, 0) is 51.9 Å². The number of hydrogen-bond donors (Lipinski definition) is 3. The predicted octanol–water partition coefficient (Wildman–Crippen LogP) is 2.32. The van der Waals surface area contributed by atoms with Gasteiger partial charge in [0.05, 0.1) is 6.61 Å². The molecule has 0 saturated heterocycles. The number of rotatable bonds is 10. The Bertz CT molecular complexity index is 626. The van der Waals surface area contributed by atoms with Gasteiger partial charge in [0.25, 0.3) is 0 Å².